The molecule has 0 aliphatic heterocycles. The van der Waals surface area contributed by atoms with Crippen molar-refractivity contribution in [2.45, 2.75) is 90.4 Å². The van der Waals surface area contributed by atoms with Gasteiger partial charge in [-0.1, -0.05) is 115 Å². The van der Waals surface area contributed by atoms with Crippen molar-refractivity contribution >= 4 is 0 Å². The van der Waals surface area contributed by atoms with Crippen LogP contribution in [0.25, 0.3) is 0 Å². The van der Waals surface area contributed by atoms with Crippen LogP contribution in [0.5, 0.6) is 0 Å². The summed E-state index contributed by atoms with van der Waals surface area (Å²) in [4.78, 5) is 0. The Labute approximate surface area is 128 Å². The first-order chi connectivity index (χ1) is 9.91. The maximum atomic E-state index is 5.24. The normalized spacial score (nSPS) is 11.7. The predicted molar refractivity (Wildman–Crippen MR) is 92.8 cm³/mol. The second-order valence-corrected chi connectivity index (χ2v) is 5.68. The van der Waals surface area contributed by atoms with E-state index in [0.717, 1.165) is 0 Å². The molecule has 0 aromatic carbocycles. The first kappa shape index (κ1) is 19.2. The molecule has 0 rings (SSSR count). The highest BCUT2D eigenvalue weighted by molar-refractivity contribution is 5.07. The number of hydrogen-bond acceptors (Lipinski definition) is 0. The van der Waals surface area contributed by atoms with Crippen molar-refractivity contribution in [1.29, 1.82) is 0 Å². The molecule has 0 aromatic heterocycles. The van der Waals surface area contributed by atoms with Crippen molar-refractivity contribution in [1.82, 2.24) is 0 Å². The van der Waals surface area contributed by atoms with Crippen LogP contribution in [0.2, 0.25) is 0 Å². The fourth-order valence-corrected chi connectivity index (χ4v) is 2.41. The summed E-state index contributed by atoms with van der Waals surface area (Å²) in [7, 11) is 0. The molecule has 0 bridgehead atoms. The Balaban J connectivity index is 3.04. The van der Waals surface area contributed by atoms with Crippen LogP contribution in [0.15, 0.2) is 30.4 Å². The summed E-state index contributed by atoms with van der Waals surface area (Å²) in [5, 5.41) is 0. The second kappa shape index (κ2) is 18.2. The van der Waals surface area contributed by atoms with E-state index in [4.69, 9.17) is 6.58 Å². The molecule has 1 radical (unpaired) electrons. The number of rotatable bonds is 15. The first-order valence-electron chi connectivity index (χ1n) is 8.78. The van der Waals surface area contributed by atoms with Gasteiger partial charge < -0.3 is 0 Å². The highest BCUT2D eigenvalue weighted by Crippen LogP contribution is 2.12. The van der Waals surface area contributed by atoms with Crippen LogP contribution in [-0.2, 0) is 0 Å². The van der Waals surface area contributed by atoms with Gasteiger partial charge in [0, 0.05) is 0 Å². The Morgan fingerprint density at radius 3 is 1.60 bits per heavy atom. The van der Waals surface area contributed by atoms with E-state index >= 15 is 0 Å². The van der Waals surface area contributed by atoms with Gasteiger partial charge in [-0.05, 0) is 12.8 Å². The molecule has 0 unspecified atom stereocenters. The average Bonchev–Trinajstić information content (AvgIpc) is 2.47. The van der Waals surface area contributed by atoms with Crippen LogP contribution < -0.4 is 0 Å². The van der Waals surface area contributed by atoms with Gasteiger partial charge in [-0.25, -0.2) is 0 Å². The van der Waals surface area contributed by atoms with E-state index < -0.39 is 0 Å². The number of hydrogen-bond donors (Lipinski definition) is 0. The predicted octanol–water partition coefficient (Wildman–Crippen LogP) is 7.18. The van der Waals surface area contributed by atoms with Gasteiger partial charge in [0.15, 0.2) is 0 Å². The maximum absolute atomic E-state index is 5.24. The molecule has 115 valence electrons. The lowest BCUT2D eigenvalue weighted by molar-refractivity contribution is 0.545. The van der Waals surface area contributed by atoms with Crippen LogP contribution in [0.4, 0.5) is 0 Å². The minimum Gasteiger partial charge on any atom is -0.0845 e. The molecule has 20 heavy (non-hydrogen) atoms. The summed E-state index contributed by atoms with van der Waals surface area (Å²) in [6.07, 6.45) is 28.0. The largest absolute Gasteiger partial charge is 0.0845 e. The summed E-state index contributed by atoms with van der Waals surface area (Å²) >= 11 is 0. The van der Waals surface area contributed by atoms with Gasteiger partial charge in [0.2, 0.25) is 0 Å². The molecule has 0 saturated heterocycles. The minimum atomic E-state index is 1.20. The van der Waals surface area contributed by atoms with Crippen LogP contribution in [0.1, 0.15) is 90.4 Å². The Kier molecular flexibility index (Phi) is 17.5. The first-order valence-corrected chi connectivity index (χ1v) is 8.78. The Morgan fingerprint density at radius 1 is 0.600 bits per heavy atom. The van der Waals surface area contributed by atoms with E-state index in [1.54, 1.807) is 6.08 Å². The van der Waals surface area contributed by atoms with Gasteiger partial charge in [-0.3, -0.25) is 0 Å². The van der Waals surface area contributed by atoms with E-state index in [1.165, 1.54) is 83.5 Å². The molecule has 0 heterocycles. The second-order valence-electron chi connectivity index (χ2n) is 5.68. The highest BCUT2D eigenvalue weighted by atomic mass is 14.0. The van der Waals surface area contributed by atoms with E-state index in [1.807, 2.05) is 12.2 Å². The molecular weight excluding hydrogens is 240 g/mol. The van der Waals surface area contributed by atoms with Crippen molar-refractivity contribution in [2.24, 2.45) is 0 Å². The lowest BCUT2D eigenvalue weighted by Gasteiger charge is -2.02. The van der Waals surface area contributed by atoms with Gasteiger partial charge in [0.1, 0.15) is 0 Å². The van der Waals surface area contributed by atoms with E-state index in [-0.39, 0.29) is 0 Å². The van der Waals surface area contributed by atoms with Gasteiger partial charge in [-0.2, -0.15) is 0 Å². The molecule has 0 N–H and O–H groups in total. The van der Waals surface area contributed by atoms with Crippen molar-refractivity contribution < 1.29 is 0 Å². The molecular formula is C20H35. The standard InChI is InChI=1S/C20H35/c1-3-5-7-9-11-13-15-17-19-20-18-16-14-12-10-8-6-4-2/h1,3,5,7,9,11H,4,6,8,10,12-20H2,2H3. The third-order valence-electron chi connectivity index (χ3n) is 3.69. The van der Waals surface area contributed by atoms with E-state index in [9.17, 15) is 0 Å². The van der Waals surface area contributed by atoms with Crippen molar-refractivity contribution in [3.8, 4) is 0 Å². The molecule has 0 nitrogen and oxygen atoms in total. The molecule has 0 spiro atoms. The quantitative estimate of drug-likeness (QED) is 0.219. The van der Waals surface area contributed by atoms with Crippen LogP contribution >= 0.6 is 0 Å². The number of allylic oxidation sites excluding steroid dienone is 5. The summed E-state index contributed by atoms with van der Waals surface area (Å²) in [5.41, 5.74) is 0. The summed E-state index contributed by atoms with van der Waals surface area (Å²) in [6, 6.07) is 0. The summed E-state index contributed by atoms with van der Waals surface area (Å²) in [6.45, 7) is 7.53. The van der Waals surface area contributed by atoms with Crippen LogP contribution in [0, 0.1) is 6.58 Å². The van der Waals surface area contributed by atoms with Crippen molar-refractivity contribution in [3.05, 3.63) is 37.0 Å². The molecule has 0 amide bonds. The monoisotopic (exact) mass is 275 g/mol. The van der Waals surface area contributed by atoms with E-state index in [0.29, 0.717) is 0 Å². The molecule has 0 fully saturated rings. The molecule has 0 aromatic rings. The topological polar surface area (TPSA) is 0 Å². The molecule has 0 aliphatic rings. The third-order valence-corrected chi connectivity index (χ3v) is 3.69. The van der Waals surface area contributed by atoms with Crippen LogP contribution in [0.3, 0.4) is 0 Å². The Bertz CT molecular complexity index is 234. The molecule has 0 aliphatic carbocycles. The van der Waals surface area contributed by atoms with Crippen LogP contribution in [-0.4, -0.2) is 0 Å². The third kappa shape index (κ3) is 17.2. The zero-order chi connectivity index (χ0) is 14.7. The van der Waals surface area contributed by atoms with Gasteiger partial charge >= 0.3 is 0 Å². The fraction of sp³-hybridized carbons (Fsp3) is 0.700. The van der Waals surface area contributed by atoms with Crippen molar-refractivity contribution in [3.63, 3.8) is 0 Å². The molecule has 0 atom stereocenters. The number of unbranched alkanes of at least 4 members (excludes halogenated alkanes) is 12. The molecule has 0 saturated carbocycles. The van der Waals surface area contributed by atoms with Gasteiger partial charge in [0.05, 0.1) is 0 Å². The minimum absolute atomic E-state index is 1.20. The van der Waals surface area contributed by atoms with Gasteiger partial charge in [-0.15, -0.1) is 0 Å². The smallest absolute Gasteiger partial charge is 0.0348 e. The van der Waals surface area contributed by atoms with E-state index in [2.05, 4.69) is 19.1 Å². The molecule has 0 heteroatoms. The Morgan fingerprint density at radius 2 is 1.10 bits per heavy atom. The summed E-state index contributed by atoms with van der Waals surface area (Å²) < 4.78 is 0. The zero-order valence-corrected chi connectivity index (χ0v) is 13.7. The summed E-state index contributed by atoms with van der Waals surface area (Å²) in [5.74, 6) is 0. The lowest BCUT2D eigenvalue weighted by atomic mass is 10.0. The average molecular weight is 275 g/mol. The van der Waals surface area contributed by atoms with Crippen molar-refractivity contribution in [2.75, 3.05) is 0 Å². The Hall–Kier alpha value is -0.780. The highest BCUT2D eigenvalue weighted by Gasteiger charge is 1.92. The maximum Gasteiger partial charge on any atom is -0.0348 e. The SMILES string of the molecule is [CH]=CC=CC=CCCCCCCCCCCCCCC. The fourth-order valence-electron chi connectivity index (χ4n) is 2.41. The zero-order valence-electron chi connectivity index (χ0n) is 13.7. The van der Waals surface area contributed by atoms with Gasteiger partial charge in [0.25, 0.3) is 0 Å². The lowest BCUT2D eigenvalue weighted by Crippen LogP contribution is -1.82.